The highest BCUT2D eigenvalue weighted by molar-refractivity contribution is 6.51. The number of benzene rings is 3. The van der Waals surface area contributed by atoms with E-state index in [4.69, 9.17) is 21.1 Å². The van der Waals surface area contributed by atoms with Crippen LogP contribution in [0.3, 0.4) is 0 Å². The molecule has 0 saturated carbocycles. The van der Waals surface area contributed by atoms with Crippen molar-refractivity contribution >= 4 is 40.4 Å². The van der Waals surface area contributed by atoms with Crippen LogP contribution >= 0.6 is 11.6 Å². The van der Waals surface area contributed by atoms with E-state index in [2.05, 4.69) is 0 Å². The van der Waals surface area contributed by atoms with Gasteiger partial charge in [0.25, 0.3) is 11.7 Å². The molecule has 1 aliphatic heterocycles. The summed E-state index contributed by atoms with van der Waals surface area (Å²) in [7, 11) is 2.66. The number of phenolic OH excluding ortho intramolecular Hbond substituents is 1. The molecule has 0 aliphatic carbocycles. The molecule has 3 aromatic rings. The van der Waals surface area contributed by atoms with Crippen molar-refractivity contribution < 1.29 is 38.6 Å². The molecule has 1 atom stereocenters. The summed E-state index contributed by atoms with van der Waals surface area (Å²) in [4.78, 5) is 38.0. The summed E-state index contributed by atoms with van der Waals surface area (Å²) in [5.41, 5.74) is -1.28. The Hall–Kier alpha value is -4.64. The fourth-order valence-corrected chi connectivity index (χ4v) is 4.33. The minimum atomic E-state index is -1.44. The number of ketones is 1. The molecule has 4 rings (SSSR count). The maximum absolute atomic E-state index is 14.1. The number of anilines is 1. The Morgan fingerprint density at radius 3 is 2.41 bits per heavy atom. The van der Waals surface area contributed by atoms with E-state index < -0.39 is 51.2 Å². The number of carbonyl (C=O) groups is 2. The molecule has 1 amide bonds. The van der Waals surface area contributed by atoms with Crippen molar-refractivity contribution in [3.63, 3.8) is 0 Å². The predicted molar refractivity (Wildman–Crippen MR) is 130 cm³/mol. The van der Waals surface area contributed by atoms with E-state index in [-0.39, 0.29) is 33.3 Å². The van der Waals surface area contributed by atoms with Crippen molar-refractivity contribution in [2.75, 3.05) is 19.1 Å². The number of nitrogens with zero attached hydrogens (tertiary/aromatic N) is 2. The van der Waals surface area contributed by atoms with Crippen molar-refractivity contribution in [1.82, 2.24) is 0 Å². The zero-order chi connectivity index (χ0) is 27.0. The lowest BCUT2D eigenvalue weighted by Crippen LogP contribution is -2.29. The Morgan fingerprint density at radius 2 is 1.78 bits per heavy atom. The van der Waals surface area contributed by atoms with Crippen LogP contribution in [0, 0.1) is 15.9 Å². The number of nitro groups is 1. The Bertz CT molecular complexity index is 1490. The van der Waals surface area contributed by atoms with Gasteiger partial charge in [-0.25, -0.2) is 4.39 Å². The maximum atomic E-state index is 14.1. The van der Waals surface area contributed by atoms with Crippen LogP contribution in [0.1, 0.15) is 17.2 Å². The number of nitro benzene ring substituents is 1. The zero-order valence-corrected chi connectivity index (χ0v) is 20.0. The molecule has 0 radical (unpaired) electrons. The van der Waals surface area contributed by atoms with E-state index in [1.807, 2.05) is 0 Å². The first-order chi connectivity index (χ1) is 17.6. The number of hydrogen-bond acceptors (Lipinski definition) is 8. The first-order valence-corrected chi connectivity index (χ1v) is 10.9. The van der Waals surface area contributed by atoms with Gasteiger partial charge in [-0.15, -0.1) is 0 Å². The largest absolute Gasteiger partial charge is 0.507 e. The molecule has 0 aromatic heterocycles. The summed E-state index contributed by atoms with van der Waals surface area (Å²) >= 11 is 6.22. The molecular weight excluding hydrogens is 511 g/mol. The number of Topliss-reactive ketones (excluding diaryl/α,β-unsaturated/α-hetero) is 1. The smallest absolute Gasteiger partial charge is 0.311 e. The van der Waals surface area contributed by atoms with Crippen molar-refractivity contribution in [3.05, 3.63) is 92.3 Å². The van der Waals surface area contributed by atoms with E-state index in [9.17, 15) is 34.3 Å². The van der Waals surface area contributed by atoms with Gasteiger partial charge in [-0.05, 0) is 35.9 Å². The number of aromatic hydroxyl groups is 1. The summed E-state index contributed by atoms with van der Waals surface area (Å²) in [5.74, 6) is -4.06. The predicted octanol–water partition coefficient (Wildman–Crippen LogP) is 4.74. The molecule has 1 saturated heterocycles. The van der Waals surface area contributed by atoms with Gasteiger partial charge in [-0.3, -0.25) is 24.6 Å². The Kier molecular flexibility index (Phi) is 6.73. The molecule has 1 aliphatic rings. The molecule has 12 heteroatoms. The minimum absolute atomic E-state index is 0.00640. The summed E-state index contributed by atoms with van der Waals surface area (Å²) in [5, 5.41) is 32.8. The fraction of sp³-hybridized carbons (Fsp3) is 0.120. The van der Waals surface area contributed by atoms with Crippen LogP contribution in [0.4, 0.5) is 15.8 Å². The average molecular weight is 529 g/mol. The van der Waals surface area contributed by atoms with Gasteiger partial charge in [0, 0.05) is 17.8 Å². The van der Waals surface area contributed by atoms with E-state index in [1.165, 1.54) is 44.6 Å². The molecule has 2 N–H and O–H groups in total. The number of rotatable bonds is 6. The molecule has 0 spiro atoms. The number of aliphatic hydroxyl groups excluding tert-OH is 1. The summed E-state index contributed by atoms with van der Waals surface area (Å²) < 4.78 is 24.5. The zero-order valence-electron chi connectivity index (χ0n) is 19.3. The van der Waals surface area contributed by atoms with Crippen molar-refractivity contribution in [2.24, 2.45) is 0 Å². The van der Waals surface area contributed by atoms with Gasteiger partial charge in [-0.1, -0.05) is 23.7 Å². The second-order valence-electron chi connectivity index (χ2n) is 7.84. The number of methoxy groups -OCH3 is 2. The van der Waals surface area contributed by atoms with E-state index in [0.29, 0.717) is 0 Å². The Morgan fingerprint density at radius 1 is 1.08 bits per heavy atom. The fourth-order valence-electron chi connectivity index (χ4n) is 4.09. The van der Waals surface area contributed by atoms with Crippen LogP contribution in [0.5, 0.6) is 17.2 Å². The van der Waals surface area contributed by atoms with E-state index in [1.54, 1.807) is 0 Å². The topological polar surface area (TPSA) is 139 Å². The molecule has 0 bridgehead atoms. The van der Waals surface area contributed by atoms with Gasteiger partial charge in [0.1, 0.15) is 23.1 Å². The lowest BCUT2D eigenvalue weighted by molar-refractivity contribution is -0.385. The van der Waals surface area contributed by atoms with Crippen molar-refractivity contribution in [1.29, 1.82) is 0 Å². The monoisotopic (exact) mass is 528 g/mol. The number of ether oxygens (including phenoxy) is 2. The first-order valence-electron chi connectivity index (χ1n) is 10.5. The van der Waals surface area contributed by atoms with Crippen molar-refractivity contribution in [2.45, 2.75) is 6.04 Å². The highest BCUT2D eigenvalue weighted by atomic mass is 35.5. The lowest BCUT2D eigenvalue weighted by atomic mass is 9.94. The molecule has 1 heterocycles. The number of phenols is 1. The third-order valence-corrected chi connectivity index (χ3v) is 6.07. The third kappa shape index (κ3) is 4.40. The molecular formula is C25H18ClFN2O8. The van der Waals surface area contributed by atoms with Crippen LogP contribution in [0.25, 0.3) is 5.76 Å². The quantitative estimate of drug-likeness (QED) is 0.154. The summed E-state index contributed by atoms with van der Waals surface area (Å²) in [6.45, 7) is 0. The highest BCUT2D eigenvalue weighted by Gasteiger charge is 2.48. The molecule has 10 nitrogen and oxygen atoms in total. The Labute approximate surface area is 213 Å². The van der Waals surface area contributed by atoms with Gasteiger partial charge in [0.05, 0.1) is 41.3 Å². The number of amides is 1. The third-order valence-electron chi connectivity index (χ3n) is 5.77. The van der Waals surface area contributed by atoms with E-state index in [0.717, 1.165) is 29.2 Å². The Balaban J connectivity index is 2.04. The molecule has 1 fully saturated rings. The molecule has 190 valence electrons. The number of hydrogen-bond donors (Lipinski definition) is 2. The molecule has 3 aromatic carbocycles. The van der Waals surface area contributed by atoms with Gasteiger partial charge in [0.15, 0.2) is 5.75 Å². The first kappa shape index (κ1) is 25.5. The van der Waals surface area contributed by atoms with Gasteiger partial charge < -0.3 is 19.7 Å². The van der Waals surface area contributed by atoms with E-state index >= 15 is 0 Å². The van der Waals surface area contributed by atoms with Gasteiger partial charge >= 0.3 is 5.69 Å². The second-order valence-corrected chi connectivity index (χ2v) is 8.25. The van der Waals surface area contributed by atoms with Crippen LogP contribution in [-0.4, -0.2) is 41.0 Å². The SMILES string of the molecule is COc1cc(OC)c(/C(O)=C2\C(=O)C(=O)N(c3cccc(F)c3)C2c2ccc(O)c([N+](=O)[O-])c2)cc1Cl. The molecule has 1 unspecified atom stereocenters. The molecule has 37 heavy (non-hydrogen) atoms. The van der Waals surface area contributed by atoms with Gasteiger partial charge in [-0.2, -0.15) is 0 Å². The lowest BCUT2D eigenvalue weighted by Gasteiger charge is -2.25. The summed E-state index contributed by atoms with van der Waals surface area (Å²) in [6, 6.07) is 9.22. The van der Waals surface area contributed by atoms with Crippen LogP contribution < -0.4 is 14.4 Å². The number of aliphatic hydroxyl groups is 1. The summed E-state index contributed by atoms with van der Waals surface area (Å²) in [6.07, 6.45) is 0. The van der Waals surface area contributed by atoms with Crippen LogP contribution in [-0.2, 0) is 9.59 Å². The minimum Gasteiger partial charge on any atom is -0.507 e. The normalized spacial score (nSPS) is 16.6. The van der Waals surface area contributed by atoms with Crippen LogP contribution in [0.2, 0.25) is 5.02 Å². The number of carbonyl (C=O) groups excluding carboxylic acids is 2. The van der Waals surface area contributed by atoms with Crippen molar-refractivity contribution in [3.8, 4) is 17.2 Å². The second kappa shape index (κ2) is 9.78. The average Bonchev–Trinajstić information content (AvgIpc) is 3.13. The van der Waals surface area contributed by atoms with Gasteiger partial charge in [0.2, 0.25) is 0 Å². The van der Waals surface area contributed by atoms with Crippen LogP contribution in [0.15, 0.2) is 60.2 Å². The number of halogens is 2. The maximum Gasteiger partial charge on any atom is 0.311 e. The standard InChI is InChI=1S/C25H18ClFN2O8/c1-36-19-11-20(37-2)16(26)10-15(19)23(31)21-22(12-6-7-18(30)17(8-12)29(34)35)28(25(33)24(21)32)14-5-3-4-13(27)9-14/h3-11,22,30-31H,1-2H3/b23-21+. The highest BCUT2D eigenvalue weighted by Crippen LogP contribution is 2.46.